The Morgan fingerprint density at radius 1 is 0.921 bits per heavy atom. The third-order valence-corrected chi connectivity index (χ3v) is 7.51. The lowest BCUT2D eigenvalue weighted by Crippen LogP contribution is -2.38. The van der Waals surface area contributed by atoms with Crippen molar-refractivity contribution in [2.24, 2.45) is 0 Å². The number of hydrogen-bond donors (Lipinski definition) is 1. The number of piperidine rings is 1. The summed E-state index contributed by atoms with van der Waals surface area (Å²) in [7, 11) is 0. The Morgan fingerprint density at radius 3 is 2.26 bits per heavy atom. The van der Waals surface area contributed by atoms with E-state index in [4.69, 9.17) is 0 Å². The quantitative estimate of drug-likeness (QED) is 0.324. The van der Waals surface area contributed by atoms with E-state index in [1.165, 1.54) is 10.5 Å². The normalized spacial score (nSPS) is 13.8. The number of nitrogens with one attached hydrogen (secondary N) is 1. The second-order valence-electron chi connectivity index (χ2n) is 9.27. The number of pyridine rings is 1. The highest BCUT2D eigenvalue weighted by molar-refractivity contribution is 7.98. The van der Waals surface area contributed by atoms with E-state index < -0.39 is 0 Å². The molecule has 7 nitrogen and oxygen atoms in total. The summed E-state index contributed by atoms with van der Waals surface area (Å²) in [5.74, 6) is 0.808. The molecule has 3 heterocycles. The fourth-order valence-electron chi connectivity index (χ4n) is 4.64. The first-order chi connectivity index (χ1) is 18.6. The van der Waals surface area contributed by atoms with Gasteiger partial charge in [0.15, 0.2) is 5.82 Å². The van der Waals surface area contributed by atoms with Crippen LogP contribution in [0.2, 0.25) is 0 Å². The van der Waals surface area contributed by atoms with Crippen LogP contribution < -0.4 is 5.32 Å². The van der Waals surface area contributed by atoms with Gasteiger partial charge >= 0.3 is 0 Å². The van der Waals surface area contributed by atoms with Gasteiger partial charge in [0.2, 0.25) is 5.91 Å². The van der Waals surface area contributed by atoms with Crippen molar-refractivity contribution in [2.75, 3.05) is 24.7 Å². The Labute approximate surface area is 226 Å². The minimum Gasteiger partial charge on any atom is -0.339 e. The number of carbonyl (C=O) groups is 2. The van der Waals surface area contributed by atoms with E-state index in [1.807, 2.05) is 65.8 Å². The molecular weight excluding hydrogens is 494 g/mol. The van der Waals surface area contributed by atoms with E-state index in [0.717, 1.165) is 24.1 Å². The molecule has 0 radical (unpaired) electrons. The summed E-state index contributed by atoms with van der Waals surface area (Å²) in [6, 6.07) is 21.7. The van der Waals surface area contributed by atoms with E-state index in [9.17, 15) is 9.59 Å². The molecule has 0 atom stereocenters. The Hall–Kier alpha value is -4.04. The summed E-state index contributed by atoms with van der Waals surface area (Å²) in [6.07, 6.45) is 9.01. The largest absolute Gasteiger partial charge is 0.339 e. The molecule has 0 aliphatic carbocycles. The standard InChI is InChI=1S/C30H29N5O2S/c1-38-26-11-5-21(6-12-26)18-28(36)34-25-9-7-22(8-10-25)23-13-16-35(17-14-23)30(37)24-19-32-29(33-20-24)27-4-2-3-15-31-27/h2-12,15,19-20,23H,13-14,16-18H2,1H3,(H,34,36). The van der Waals surface area contributed by atoms with Gasteiger partial charge in [0.05, 0.1) is 12.0 Å². The Kier molecular flexibility index (Phi) is 8.09. The zero-order valence-electron chi connectivity index (χ0n) is 21.2. The zero-order chi connectivity index (χ0) is 26.3. The molecule has 4 aromatic rings. The van der Waals surface area contributed by atoms with Crippen molar-refractivity contribution in [3.05, 3.63) is 102 Å². The predicted octanol–water partition coefficient (Wildman–Crippen LogP) is 5.46. The number of hydrogen-bond acceptors (Lipinski definition) is 6. The molecule has 0 bridgehead atoms. The van der Waals surface area contributed by atoms with Crippen LogP contribution in [0.25, 0.3) is 11.5 Å². The first-order valence-corrected chi connectivity index (χ1v) is 13.9. The molecule has 2 amide bonds. The van der Waals surface area contributed by atoms with E-state index in [0.29, 0.717) is 42.5 Å². The smallest absolute Gasteiger partial charge is 0.256 e. The summed E-state index contributed by atoms with van der Waals surface area (Å²) in [6.45, 7) is 1.36. The highest BCUT2D eigenvalue weighted by Crippen LogP contribution is 2.29. The lowest BCUT2D eigenvalue weighted by Gasteiger charge is -2.32. The molecule has 5 rings (SSSR count). The van der Waals surface area contributed by atoms with Crippen LogP contribution in [-0.2, 0) is 11.2 Å². The average molecular weight is 524 g/mol. The topological polar surface area (TPSA) is 88.1 Å². The van der Waals surface area contributed by atoms with Crippen LogP contribution in [0.3, 0.4) is 0 Å². The van der Waals surface area contributed by atoms with Crippen molar-refractivity contribution in [2.45, 2.75) is 30.1 Å². The molecule has 0 saturated carbocycles. The molecule has 1 saturated heterocycles. The zero-order valence-corrected chi connectivity index (χ0v) is 22.0. The maximum atomic E-state index is 13.0. The van der Waals surface area contributed by atoms with Crippen molar-refractivity contribution in [1.82, 2.24) is 19.9 Å². The minimum absolute atomic E-state index is 0.0292. The number of thioether (sulfide) groups is 1. The maximum Gasteiger partial charge on any atom is 0.256 e. The molecule has 1 aliphatic heterocycles. The summed E-state index contributed by atoms with van der Waals surface area (Å²) in [4.78, 5) is 41.4. The van der Waals surface area contributed by atoms with Gasteiger partial charge in [-0.3, -0.25) is 14.6 Å². The lowest BCUT2D eigenvalue weighted by molar-refractivity contribution is -0.115. The van der Waals surface area contributed by atoms with Crippen LogP contribution in [0.4, 0.5) is 5.69 Å². The van der Waals surface area contributed by atoms with Crippen molar-refractivity contribution in [3.8, 4) is 11.5 Å². The lowest BCUT2D eigenvalue weighted by atomic mass is 9.89. The number of anilines is 1. The third-order valence-electron chi connectivity index (χ3n) is 6.76. The third kappa shape index (κ3) is 6.26. The van der Waals surface area contributed by atoms with Crippen LogP contribution in [0.1, 0.15) is 40.2 Å². The fraction of sp³-hybridized carbons (Fsp3) is 0.233. The summed E-state index contributed by atoms with van der Waals surface area (Å²) < 4.78 is 0. The van der Waals surface area contributed by atoms with Gasteiger partial charge in [0.1, 0.15) is 5.69 Å². The van der Waals surface area contributed by atoms with Gasteiger partial charge in [-0.05, 0) is 72.5 Å². The van der Waals surface area contributed by atoms with Crippen LogP contribution in [0.15, 0.2) is 90.2 Å². The molecule has 1 aliphatic rings. The summed E-state index contributed by atoms with van der Waals surface area (Å²) >= 11 is 1.69. The van der Waals surface area contributed by atoms with Gasteiger partial charge in [0, 0.05) is 42.3 Å². The van der Waals surface area contributed by atoms with Gasteiger partial charge in [-0.1, -0.05) is 30.3 Å². The van der Waals surface area contributed by atoms with Gasteiger partial charge in [-0.25, -0.2) is 9.97 Å². The van der Waals surface area contributed by atoms with Crippen LogP contribution in [0, 0.1) is 0 Å². The molecule has 0 unspecified atom stereocenters. The Bertz CT molecular complexity index is 1370. The van der Waals surface area contributed by atoms with Gasteiger partial charge in [0.25, 0.3) is 5.91 Å². The molecule has 2 aromatic carbocycles. The SMILES string of the molecule is CSc1ccc(CC(=O)Nc2ccc(C3CCN(C(=O)c4cnc(-c5ccccn5)nc4)CC3)cc2)cc1. The summed E-state index contributed by atoms with van der Waals surface area (Å²) in [5.41, 5.74) is 4.18. The first-order valence-electron chi connectivity index (χ1n) is 12.6. The van der Waals surface area contributed by atoms with Crippen LogP contribution >= 0.6 is 11.8 Å². The van der Waals surface area contributed by atoms with Crippen molar-refractivity contribution >= 4 is 29.3 Å². The number of aromatic nitrogens is 3. The van der Waals surface area contributed by atoms with Crippen LogP contribution in [0.5, 0.6) is 0 Å². The van der Waals surface area contributed by atoms with Crippen molar-refractivity contribution in [1.29, 1.82) is 0 Å². The van der Waals surface area contributed by atoms with E-state index in [-0.39, 0.29) is 11.8 Å². The number of amides is 2. The van der Waals surface area contributed by atoms with Gasteiger partial charge in [-0.15, -0.1) is 11.8 Å². The Morgan fingerprint density at radius 2 is 1.63 bits per heavy atom. The molecule has 192 valence electrons. The van der Waals surface area contributed by atoms with E-state index in [2.05, 4.69) is 32.4 Å². The number of likely N-dealkylation sites (tertiary alicyclic amines) is 1. The Balaban J connectivity index is 1.12. The second-order valence-corrected chi connectivity index (χ2v) is 10.2. The molecular formula is C30H29N5O2S. The van der Waals surface area contributed by atoms with Crippen LogP contribution in [-0.4, -0.2) is 51.0 Å². The average Bonchev–Trinajstić information content (AvgIpc) is 2.98. The fourth-order valence-corrected chi connectivity index (χ4v) is 5.05. The van der Waals surface area contributed by atoms with Crippen molar-refractivity contribution in [3.63, 3.8) is 0 Å². The van der Waals surface area contributed by atoms with Crippen molar-refractivity contribution < 1.29 is 9.59 Å². The molecule has 1 fully saturated rings. The van der Waals surface area contributed by atoms with E-state index in [1.54, 1.807) is 30.4 Å². The number of benzene rings is 2. The minimum atomic E-state index is -0.0443. The monoisotopic (exact) mass is 523 g/mol. The van der Waals surface area contributed by atoms with Gasteiger partial charge in [-0.2, -0.15) is 0 Å². The van der Waals surface area contributed by atoms with Gasteiger partial charge < -0.3 is 10.2 Å². The summed E-state index contributed by atoms with van der Waals surface area (Å²) in [5, 5.41) is 2.99. The predicted molar refractivity (Wildman–Crippen MR) is 150 cm³/mol. The molecule has 0 spiro atoms. The molecule has 38 heavy (non-hydrogen) atoms. The molecule has 8 heteroatoms. The number of rotatable bonds is 7. The highest BCUT2D eigenvalue weighted by atomic mass is 32.2. The molecule has 1 N–H and O–H groups in total. The number of carbonyl (C=O) groups excluding carboxylic acids is 2. The number of nitrogens with zero attached hydrogens (tertiary/aromatic N) is 4. The first kappa shape index (κ1) is 25.6. The maximum absolute atomic E-state index is 13.0. The second kappa shape index (κ2) is 12.0. The van der Waals surface area contributed by atoms with E-state index >= 15 is 0 Å². The molecule has 2 aromatic heterocycles. The highest BCUT2D eigenvalue weighted by Gasteiger charge is 2.25.